The minimum Gasteiger partial charge on any atom is -0.370 e. The fourth-order valence-corrected chi connectivity index (χ4v) is 3.41. The first kappa shape index (κ1) is 16.5. The van der Waals surface area contributed by atoms with Gasteiger partial charge in [0.1, 0.15) is 5.54 Å². The molecule has 0 aromatic heterocycles. The maximum absolute atomic E-state index is 12.3. The van der Waals surface area contributed by atoms with E-state index in [1.54, 1.807) is 4.90 Å². The molecule has 0 bridgehead atoms. The first-order valence-electron chi connectivity index (χ1n) is 8.06. The molecule has 1 aliphatic carbocycles. The first-order valence-corrected chi connectivity index (χ1v) is 8.06. The third-order valence-electron chi connectivity index (χ3n) is 4.74. The highest BCUT2D eigenvalue weighted by Crippen LogP contribution is 2.42. The van der Waals surface area contributed by atoms with Gasteiger partial charge in [-0.2, -0.15) is 0 Å². The SMILES string of the molecule is Cc1ccccc1C(C=O)(N=C(N)N(C)C)C1CCCCC1. The third-order valence-corrected chi connectivity index (χ3v) is 4.74. The van der Waals surface area contributed by atoms with Gasteiger partial charge in [-0.3, -0.25) is 0 Å². The van der Waals surface area contributed by atoms with E-state index >= 15 is 0 Å². The fraction of sp³-hybridized carbons (Fsp3) is 0.556. The summed E-state index contributed by atoms with van der Waals surface area (Å²) < 4.78 is 0. The zero-order valence-electron chi connectivity index (χ0n) is 13.9. The van der Waals surface area contributed by atoms with Crippen LogP contribution in [0, 0.1) is 12.8 Å². The quantitative estimate of drug-likeness (QED) is 0.528. The summed E-state index contributed by atoms with van der Waals surface area (Å²) in [6, 6.07) is 8.03. The molecule has 4 nitrogen and oxygen atoms in total. The van der Waals surface area contributed by atoms with Crippen LogP contribution in [0.1, 0.15) is 43.2 Å². The van der Waals surface area contributed by atoms with Crippen LogP contribution in [0.2, 0.25) is 0 Å². The smallest absolute Gasteiger partial charge is 0.192 e. The molecule has 0 aliphatic heterocycles. The van der Waals surface area contributed by atoms with Gasteiger partial charge in [-0.15, -0.1) is 0 Å². The minimum atomic E-state index is -0.861. The maximum atomic E-state index is 12.3. The van der Waals surface area contributed by atoms with Crippen LogP contribution >= 0.6 is 0 Å². The molecule has 2 rings (SSSR count). The second-order valence-corrected chi connectivity index (χ2v) is 6.46. The molecule has 0 spiro atoms. The van der Waals surface area contributed by atoms with Crippen LogP contribution in [0.15, 0.2) is 29.3 Å². The van der Waals surface area contributed by atoms with E-state index < -0.39 is 5.54 Å². The van der Waals surface area contributed by atoms with E-state index in [1.807, 2.05) is 45.3 Å². The monoisotopic (exact) mass is 301 g/mol. The summed E-state index contributed by atoms with van der Waals surface area (Å²) in [5, 5.41) is 0. The number of carbonyl (C=O) groups is 1. The molecule has 0 heterocycles. The lowest BCUT2D eigenvalue weighted by atomic mass is 9.71. The lowest BCUT2D eigenvalue weighted by molar-refractivity contribution is -0.114. The lowest BCUT2D eigenvalue weighted by Gasteiger charge is -2.37. The van der Waals surface area contributed by atoms with Crippen LogP contribution in [-0.4, -0.2) is 31.2 Å². The van der Waals surface area contributed by atoms with Crippen LogP contribution in [0.5, 0.6) is 0 Å². The van der Waals surface area contributed by atoms with Crippen LogP contribution in [-0.2, 0) is 10.3 Å². The standard InChI is InChI=1S/C18H27N3O/c1-14-9-7-8-12-16(14)18(13-22,20-17(19)21(2)3)15-10-5-4-6-11-15/h7-9,12-13,15H,4-6,10-11H2,1-3H3,(H2,19,20). The molecule has 0 amide bonds. The number of nitrogens with zero attached hydrogens (tertiary/aromatic N) is 2. The molecule has 0 saturated heterocycles. The van der Waals surface area contributed by atoms with Crippen molar-refractivity contribution in [1.29, 1.82) is 0 Å². The van der Waals surface area contributed by atoms with Gasteiger partial charge in [0.15, 0.2) is 12.2 Å². The van der Waals surface area contributed by atoms with Crippen molar-refractivity contribution in [2.45, 2.75) is 44.6 Å². The zero-order chi connectivity index (χ0) is 16.2. The Balaban J connectivity index is 2.58. The number of hydrogen-bond donors (Lipinski definition) is 1. The van der Waals surface area contributed by atoms with Crippen molar-refractivity contribution in [2.24, 2.45) is 16.6 Å². The summed E-state index contributed by atoms with van der Waals surface area (Å²) in [5.74, 6) is 0.624. The largest absolute Gasteiger partial charge is 0.370 e. The molecule has 1 saturated carbocycles. The zero-order valence-corrected chi connectivity index (χ0v) is 13.9. The van der Waals surface area contributed by atoms with Gasteiger partial charge >= 0.3 is 0 Å². The van der Waals surface area contributed by atoms with Crippen molar-refractivity contribution in [3.05, 3.63) is 35.4 Å². The van der Waals surface area contributed by atoms with E-state index in [1.165, 1.54) is 6.42 Å². The average molecular weight is 301 g/mol. The van der Waals surface area contributed by atoms with Gasteiger partial charge in [-0.25, -0.2) is 4.99 Å². The summed E-state index contributed by atoms with van der Waals surface area (Å²) in [6.07, 6.45) is 6.62. The second-order valence-electron chi connectivity index (χ2n) is 6.46. The van der Waals surface area contributed by atoms with E-state index in [-0.39, 0.29) is 5.92 Å². The third kappa shape index (κ3) is 3.16. The van der Waals surface area contributed by atoms with Gasteiger partial charge in [0, 0.05) is 14.1 Å². The van der Waals surface area contributed by atoms with Gasteiger partial charge in [-0.1, -0.05) is 43.5 Å². The lowest BCUT2D eigenvalue weighted by Crippen LogP contribution is -2.42. The molecular formula is C18H27N3O. The van der Waals surface area contributed by atoms with Crippen molar-refractivity contribution in [3.8, 4) is 0 Å². The first-order chi connectivity index (χ1) is 10.5. The molecule has 120 valence electrons. The number of aldehydes is 1. The summed E-state index contributed by atoms with van der Waals surface area (Å²) in [7, 11) is 3.71. The predicted octanol–water partition coefficient (Wildman–Crippen LogP) is 2.85. The minimum absolute atomic E-state index is 0.221. The molecule has 1 aromatic carbocycles. The van der Waals surface area contributed by atoms with Gasteiger partial charge in [-0.05, 0) is 36.8 Å². The molecule has 1 fully saturated rings. The topological polar surface area (TPSA) is 58.7 Å². The van der Waals surface area contributed by atoms with Gasteiger partial charge < -0.3 is 15.4 Å². The van der Waals surface area contributed by atoms with E-state index in [0.717, 1.165) is 43.1 Å². The van der Waals surface area contributed by atoms with Crippen LogP contribution in [0.4, 0.5) is 0 Å². The Labute approximate surface area is 133 Å². The summed E-state index contributed by atoms with van der Waals surface area (Å²) in [6.45, 7) is 2.04. The molecule has 1 aromatic rings. The molecule has 1 aliphatic rings. The van der Waals surface area contributed by atoms with Crippen molar-refractivity contribution >= 4 is 12.2 Å². The molecular weight excluding hydrogens is 274 g/mol. The molecule has 2 N–H and O–H groups in total. The Morgan fingerprint density at radius 1 is 1.27 bits per heavy atom. The van der Waals surface area contributed by atoms with Gasteiger partial charge in [0.25, 0.3) is 0 Å². The molecule has 1 atom stereocenters. The average Bonchev–Trinajstić information content (AvgIpc) is 2.54. The second kappa shape index (κ2) is 6.95. The molecule has 1 unspecified atom stereocenters. The Bertz CT molecular complexity index is 547. The number of carbonyl (C=O) groups excluding carboxylic acids is 1. The summed E-state index contributed by atoms with van der Waals surface area (Å²) in [5.41, 5.74) is 7.31. The Morgan fingerprint density at radius 2 is 1.91 bits per heavy atom. The van der Waals surface area contributed by atoms with Crippen molar-refractivity contribution < 1.29 is 4.79 Å². The number of rotatable bonds is 4. The van der Waals surface area contributed by atoms with Crippen LogP contribution in [0.3, 0.4) is 0 Å². The van der Waals surface area contributed by atoms with Gasteiger partial charge in [0.2, 0.25) is 0 Å². The van der Waals surface area contributed by atoms with Crippen LogP contribution in [0.25, 0.3) is 0 Å². The number of guanidine groups is 1. The van der Waals surface area contributed by atoms with Gasteiger partial charge in [0.05, 0.1) is 0 Å². The molecule has 22 heavy (non-hydrogen) atoms. The van der Waals surface area contributed by atoms with E-state index in [0.29, 0.717) is 5.96 Å². The number of aliphatic imine (C=N–C) groups is 1. The van der Waals surface area contributed by atoms with E-state index in [9.17, 15) is 4.79 Å². The fourth-order valence-electron chi connectivity index (χ4n) is 3.41. The van der Waals surface area contributed by atoms with E-state index in [4.69, 9.17) is 10.7 Å². The molecule has 4 heteroatoms. The molecule has 0 radical (unpaired) electrons. The summed E-state index contributed by atoms with van der Waals surface area (Å²) >= 11 is 0. The number of hydrogen-bond acceptors (Lipinski definition) is 2. The number of nitrogens with two attached hydrogens (primary N) is 1. The summed E-state index contributed by atoms with van der Waals surface area (Å²) in [4.78, 5) is 18.8. The normalized spacial score (nSPS) is 19.5. The van der Waals surface area contributed by atoms with Crippen molar-refractivity contribution in [2.75, 3.05) is 14.1 Å². The highest BCUT2D eigenvalue weighted by Gasteiger charge is 2.42. The Morgan fingerprint density at radius 3 is 2.45 bits per heavy atom. The van der Waals surface area contributed by atoms with Crippen molar-refractivity contribution in [3.63, 3.8) is 0 Å². The van der Waals surface area contributed by atoms with Crippen molar-refractivity contribution in [1.82, 2.24) is 4.90 Å². The predicted molar refractivity (Wildman–Crippen MR) is 90.8 cm³/mol. The number of benzene rings is 1. The van der Waals surface area contributed by atoms with E-state index in [2.05, 4.69) is 0 Å². The highest BCUT2D eigenvalue weighted by atomic mass is 16.1. The Kier molecular flexibility index (Phi) is 5.22. The van der Waals surface area contributed by atoms with Crippen LogP contribution < -0.4 is 5.73 Å². The Hall–Kier alpha value is -1.84. The maximum Gasteiger partial charge on any atom is 0.192 e. The number of aryl methyl sites for hydroxylation is 1. The highest BCUT2D eigenvalue weighted by molar-refractivity contribution is 5.82.